The molecule has 1 amide bonds. The largest absolute Gasteiger partial charge is 0.369 e. The van der Waals surface area contributed by atoms with E-state index in [4.69, 9.17) is 23.2 Å². The molecular formula is C18H17Cl2IN2O. The smallest absolute Gasteiger partial charge is 0.257 e. The van der Waals surface area contributed by atoms with Gasteiger partial charge in [-0.3, -0.25) is 4.79 Å². The van der Waals surface area contributed by atoms with E-state index in [1.165, 1.54) is 6.42 Å². The second-order valence-electron chi connectivity index (χ2n) is 5.76. The fourth-order valence-corrected chi connectivity index (χ4v) is 3.90. The van der Waals surface area contributed by atoms with Crippen LogP contribution in [0.3, 0.4) is 0 Å². The third-order valence-electron chi connectivity index (χ3n) is 4.08. The van der Waals surface area contributed by atoms with Crippen molar-refractivity contribution in [2.24, 2.45) is 0 Å². The third-order valence-corrected chi connectivity index (χ3v) is 5.39. The monoisotopic (exact) mass is 474 g/mol. The number of anilines is 2. The number of amides is 1. The summed E-state index contributed by atoms with van der Waals surface area (Å²) in [4.78, 5) is 14.9. The van der Waals surface area contributed by atoms with Crippen molar-refractivity contribution < 1.29 is 4.79 Å². The summed E-state index contributed by atoms with van der Waals surface area (Å²) in [6.45, 7) is 1.91. The molecule has 3 nitrogen and oxygen atoms in total. The molecule has 3 rings (SSSR count). The van der Waals surface area contributed by atoms with Crippen molar-refractivity contribution in [3.05, 3.63) is 55.6 Å². The number of rotatable bonds is 3. The van der Waals surface area contributed by atoms with Crippen molar-refractivity contribution in [2.45, 2.75) is 19.3 Å². The Morgan fingerprint density at radius 1 is 1.04 bits per heavy atom. The number of carbonyl (C=O) groups excluding carboxylic acids is 1. The van der Waals surface area contributed by atoms with Gasteiger partial charge in [0.25, 0.3) is 5.91 Å². The molecule has 1 heterocycles. The molecule has 0 unspecified atom stereocenters. The summed E-state index contributed by atoms with van der Waals surface area (Å²) < 4.78 is 0.962. The van der Waals surface area contributed by atoms with Crippen LogP contribution in [0, 0.1) is 3.57 Å². The van der Waals surface area contributed by atoms with Crippen LogP contribution in [0.5, 0.6) is 0 Å². The molecule has 0 aliphatic carbocycles. The Hall–Kier alpha value is -0.980. The van der Waals surface area contributed by atoms with E-state index < -0.39 is 0 Å². The number of benzene rings is 2. The minimum absolute atomic E-state index is 0.223. The first kappa shape index (κ1) is 17.8. The number of hydrogen-bond acceptors (Lipinski definition) is 2. The lowest BCUT2D eigenvalue weighted by atomic mass is 10.1. The Morgan fingerprint density at radius 2 is 1.79 bits per heavy atom. The van der Waals surface area contributed by atoms with Crippen LogP contribution in [0.15, 0.2) is 36.4 Å². The van der Waals surface area contributed by atoms with Crippen LogP contribution in [-0.2, 0) is 0 Å². The van der Waals surface area contributed by atoms with Crippen LogP contribution in [0.25, 0.3) is 0 Å². The lowest BCUT2D eigenvalue weighted by molar-refractivity contribution is 0.102. The maximum Gasteiger partial charge on any atom is 0.257 e. The van der Waals surface area contributed by atoms with Crippen molar-refractivity contribution in [3.8, 4) is 0 Å². The molecule has 24 heavy (non-hydrogen) atoms. The van der Waals surface area contributed by atoms with Crippen LogP contribution in [-0.4, -0.2) is 19.0 Å². The fraction of sp³-hybridized carbons (Fsp3) is 0.278. The molecule has 0 bridgehead atoms. The molecular weight excluding hydrogens is 458 g/mol. The first-order valence-electron chi connectivity index (χ1n) is 7.86. The van der Waals surface area contributed by atoms with Gasteiger partial charge in [0.2, 0.25) is 0 Å². The zero-order valence-corrected chi connectivity index (χ0v) is 16.7. The number of para-hydroxylation sites is 1. The lowest BCUT2D eigenvalue weighted by Crippen LogP contribution is -2.30. The zero-order chi connectivity index (χ0) is 17.1. The molecule has 0 spiro atoms. The zero-order valence-electron chi connectivity index (χ0n) is 13.0. The van der Waals surface area contributed by atoms with Gasteiger partial charge in [0, 0.05) is 16.7 Å². The topological polar surface area (TPSA) is 32.3 Å². The molecule has 2 aromatic rings. The van der Waals surface area contributed by atoms with Crippen molar-refractivity contribution in [1.82, 2.24) is 0 Å². The van der Waals surface area contributed by atoms with Gasteiger partial charge in [-0.2, -0.15) is 0 Å². The molecule has 0 radical (unpaired) electrons. The van der Waals surface area contributed by atoms with Crippen molar-refractivity contribution in [1.29, 1.82) is 0 Å². The number of piperidine rings is 1. The third kappa shape index (κ3) is 3.98. The molecule has 6 heteroatoms. The Morgan fingerprint density at radius 3 is 2.54 bits per heavy atom. The van der Waals surface area contributed by atoms with Crippen LogP contribution >= 0.6 is 45.8 Å². The molecule has 126 valence electrons. The molecule has 1 saturated heterocycles. The van der Waals surface area contributed by atoms with Crippen molar-refractivity contribution in [2.75, 3.05) is 23.3 Å². The number of hydrogen-bond donors (Lipinski definition) is 1. The summed E-state index contributed by atoms with van der Waals surface area (Å²) in [6.07, 6.45) is 3.52. The van der Waals surface area contributed by atoms with Gasteiger partial charge in [-0.25, -0.2) is 0 Å². The van der Waals surface area contributed by atoms with Crippen molar-refractivity contribution >= 4 is 63.1 Å². The van der Waals surface area contributed by atoms with E-state index in [1.807, 2.05) is 24.3 Å². The maximum absolute atomic E-state index is 12.7. The minimum atomic E-state index is -0.223. The van der Waals surface area contributed by atoms with E-state index in [-0.39, 0.29) is 5.91 Å². The molecule has 0 saturated carbocycles. The van der Waals surface area contributed by atoms with Gasteiger partial charge in [0.15, 0.2) is 0 Å². The summed E-state index contributed by atoms with van der Waals surface area (Å²) in [5, 5.41) is 4.08. The lowest BCUT2D eigenvalue weighted by Gasteiger charge is -2.31. The molecule has 1 aliphatic heterocycles. The highest BCUT2D eigenvalue weighted by Crippen LogP contribution is 2.36. The van der Waals surface area contributed by atoms with E-state index in [1.54, 1.807) is 12.1 Å². The summed E-state index contributed by atoms with van der Waals surface area (Å²) in [5.41, 5.74) is 2.09. The Balaban J connectivity index is 1.91. The summed E-state index contributed by atoms with van der Waals surface area (Å²) in [7, 11) is 0. The maximum atomic E-state index is 12.7. The van der Waals surface area contributed by atoms with Gasteiger partial charge in [-0.15, -0.1) is 0 Å². The Bertz CT molecular complexity index is 761. The van der Waals surface area contributed by atoms with Gasteiger partial charge in [-0.1, -0.05) is 29.3 Å². The van der Waals surface area contributed by atoms with Crippen LogP contribution in [0.1, 0.15) is 29.6 Å². The number of carbonyl (C=O) groups is 1. The Labute approximate surface area is 165 Å². The van der Waals surface area contributed by atoms with Gasteiger partial charge in [-0.05, 0) is 72.2 Å². The molecule has 0 aromatic heterocycles. The predicted octanol–water partition coefficient (Wildman–Crippen LogP) is 5.84. The van der Waals surface area contributed by atoms with Crippen molar-refractivity contribution in [3.63, 3.8) is 0 Å². The minimum Gasteiger partial charge on any atom is -0.369 e. The number of nitrogens with zero attached hydrogens (tertiary/aromatic N) is 1. The van der Waals surface area contributed by atoms with Gasteiger partial charge < -0.3 is 10.2 Å². The second kappa shape index (κ2) is 7.93. The van der Waals surface area contributed by atoms with E-state index in [9.17, 15) is 4.79 Å². The number of nitrogens with one attached hydrogen (secondary N) is 1. The van der Waals surface area contributed by atoms with E-state index in [0.29, 0.717) is 15.6 Å². The molecule has 1 N–H and O–H groups in total. The Kier molecular flexibility index (Phi) is 5.89. The standard InChI is InChI=1S/C18H17Cl2IN2O/c19-14-8-7-12(21)11-13(14)18(24)22-16-6-4-5-15(20)17(16)23-9-2-1-3-10-23/h4-8,11H,1-3,9-10H2,(H,22,24). The summed E-state index contributed by atoms with van der Waals surface area (Å²) in [6, 6.07) is 11.0. The SMILES string of the molecule is O=C(Nc1cccc(Cl)c1N1CCCCC1)c1cc(I)ccc1Cl. The van der Waals surface area contributed by atoms with E-state index >= 15 is 0 Å². The number of halogens is 3. The normalized spacial score (nSPS) is 14.5. The second-order valence-corrected chi connectivity index (χ2v) is 7.82. The van der Waals surface area contributed by atoms with E-state index in [2.05, 4.69) is 32.8 Å². The molecule has 1 aliphatic rings. The first-order chi connectivity index (χ1) is 11.6. The fourth-order valence-electron chi connectivity index (χ4n) is 2.92. The van der Waals surface area contributed by atoms with Crippen LogP contribution in [0.4, 0.5) is 11.4 Å². The summed E-state index contributed by atoms with van der Waals surface area (Å²) in [5.74, 6) is -0.223. The van der Waals surface area contributed by atoms with Gasteiger partial charge >= 0.3 is 0 Å². The van der Waals surface area contributed by atoms with Crippen LogP contribution < -0.4 is 10.2 Å². The highest BCUT2D eigenvalue weighted by molar-refractivity contribution is 14.1. The van der Waals surface area contributed by atoms with Gasteiger partial charge in [0.1, 0.15) is 0 Å². The summed E-state index contributed by atoms with van der Waals surface area (Å²) >= 11 is 14.8. The highest BCUT2D eigenvalue weighted by Gasteiger charge is 2.20. The average Bonchev–Trinajstić information content (AvgIpc) is 2.58. The highest BCUT2D eigenvalue weighted by atomic mass is 127. The predicted molar refractivity (Wildman–Crippen MR) is 110 cm³/mol. The van der Waals surface area contributed by atoms with Crippen LogP contribution in [0.2, 0.25) is 10.0 Å². The first-order valence-corrected chi connectivity index (χ1v) is 9.69. The average molecular weight is 475 g/mol. The molecule has 2 aromatic carbocycles. The van der Waals surface area contributed by atoms with E-state index in [0.717, 1.165) is 40.9 Å². The molecule has 1 fully saturated rings. The molecule has 0 atom stereocenters. The quantitative estimate of drug-likeness (QED) is 0.566. The van der Waals surface area contributed by atoms with Gasteiger partial charge in [0.05, 0.1) is 27.0 Å².